The fourth-order valence-corrected chi connectivity index (χ4v) is 1.65. The predicted octanol–water partition coefficient (Wildman–Crippen LogP) is 3.55. The highest BCUT2D eigenvalue weighted by molar-refractivity contribution is 5.93. The van der Waals surface area contributed by atoms with Crippen molar-refractivity contribution in [2.45, 2.75) is 6.42 Å². The maximum Gasteiger partial charge on any atom is 0.136 e. The average Bonchev–Trinajstić information content (AvgIpc) is 2.48. The first kappa shape index (κ1) is 16.2. The van der Waals surface area contributed by atoms with Gasteiger partial charge >= 0.3 is 0 Å². The van der Waals surface area contributed by atoms with E-state index >= 15 is 0 Å². The molecule has 4 heteroatoms. The Morgan fingerprint density at radius 2 is 1.95 bits per heavy atom. The molecule has 0 radical (unpaired) electrons. The molecule has 0 aliphatic carbocycles. The molecule has 108 valence electrons. The van der Waals surface area contributed by atoms with Crippen LogP contribution in [0.3, 0.4) is 0 Å². The zero-order chi connectivity index (χ0) is 15.7. The van der Waals surface area contributed by atoms with Gasteiger partial charge in [0.1, 0.15) is 11.7 Å². The third-order valence-corrected chi connectivity index (χ3v) is 2.57. The SMILES string of the molecule is C=CN=C(C=C)NC(=C)Cc1cccc(N(C=C)C=C)n1. The van der Waals surface area contributed by atoms with Gasteiger partial charge in [-0.1, -0.05) is 39.0 Å². The Balaban J connectivity index is 2.81. The van der Waals surface area contributed by atoms with E-state index in [1.54, 1.807) is 23.4 Å². The van der Waals surface area contributed by atoms with Gasteiger partial charge in [-0.25, -0.2) is 9.98 Å². The van der Waals surface area contributed by atoms with Crippen LogP contribution in [0.5, 0.6) is 0 Å². The number of anilines is 1. The summed E-state index contributed by atoms with van der Waals surface area (Å²) in [6, 6.07) is 5.74. The van der Waals surface area contributed by atoms with E-state index in [1.807, 2.05) is 18.2 Å². The second-order valence-electron chi connectivity index (χ2n) is 4.07. The van der Waals surface area contributed by atoms with E-state index < -0.39 is 0 Å². The van der Waals surface area contributed by atoms with Crippen molar-refractivity contribution in [3.8, 4) is 0 Å². The Kier molecular flexibility index (Phi) is 6.41. The lowest BCUT2D eigenvalue weighted by atomic mass is 10.2. The number of hydrogen-bond donors (Lipinski definition) is 1. The van der Waals surface area contributed by atoms with Crippen LogP contribution < -0.4 is 10.2 Å². The quantitative estimate of drug-likeness (QED) is 0.585. The van der Waals surface area contributed by atoms with Crippen molar-refractivity contribution in [1.82, 2.24) is 10.3 Å². The van der Waals surface area contributed by atoms with Crippen LogP contribution >= 0.6 is 0 Å². The largest absolute Gasteiger partial charge is 0.344 e. The van der Waals surface area contributed by atoms with E-state index in [0.717, 1.165) is 17.2 Å². The highest BCUT2D eigenvalue weighted by Gasteiger charge is 2.04. The topological polar surface area (TPSA) is 40.5 Å². The van der Waals surface area contributed by atoms with E-state index in [4.69, 9.17) is 0 Å². The molecule has 1 aromatic heterocycles. The second-order valence-corrected chi connectivity index (χ2v) is 4.07. The molecule has 0 saturated carbocycles. The van der Waals surface area contributed by atoms with Crippen LogP contribution in [0.1, 0.15) is 5.69 Å². The molecule has 0 spiro atoms. The lowest BCUT2D eigenvalue weighted by Gasteiger charge is -2.15. The van der Waals surface area contributed by atoms with Crippen LogP contribution in [0.2, 0.25) is 0 Å². The molecule has 0 atom stereocenters. The summed E-state index contributed by atoms with van der Waals surface area (Å²) in [6.07, 6.45) is 6.92. The first-order valence-electron chi connectivity index (χ1n) is 6.40. The number of nitrogens with one attached hydrogen (secondary N) is 1. The highest BCUT2D eigenvalue weighted by Crippen LogP contribution is 2.13. The molecule has 1 rings (SSSR count). The number of allylic oxidation sites excluding steroid dienone is 1. The number of pyridine rings is 1. The minimum Gasteiger partial charge on any atom is -0.344 e. The first-order valence-corrected chi connectivity index (χ1v) is 6.40. The maximum absolute atomic E-state index is 4.53. The summed E-state index contributed by atoms with van der Waals surface area (Å²) in [4.78, 5) is 10.3. The van der Waals surface area contributed by atoms with E-state index in [-0.39, 0.29) is 0 Å². The van der Waals surface area contributed by atoms with E-state index in [9.17, 15) is 0 Å². The summed E-state index contributed by atoms with van der Waals surface area (Å²) in [5, 5.41) is 3.07. The summed E-state index contributed by atoms with van der Waals surface area (Å²) in [5.74, 6) is 1.36. The normalized spacial score (nSPS) is 10.4. The Morgan fingerprint density at radius 3 is 2.52 bits per heavy atom. The van der Waals surface area contributed by atoms with Gasteiger partial charge in [-0.15, -0.1) is 0 Å². The summed E-state index contributed by atoms with van der Waals surface area (Å²) in [6.45, 7) is 18.6. The molecule has 0 saturated heterocycles. The number of rotatable bonds is 8. The lowest BCUT2D eigenvalue weighted by molar-refractivity contribution is 0.966. The monoisotopic (exact) mass is 280 g/mol. The van der Waals surface area contributed by atoms with Crippen molar-refractivity contribution in [2.24, 2.45) is 4.99 Å². The molecule has 0 bridgehead atoms. The summed E-state index contributed by atoms with van der Waals surface area (Å²) < 4.78 is 0. The van der Waals surface area contributed by atoms with Gasteiger partial charge in [-0.2, -0.15) is 0 Å². The molecule has 0 fully saturated rings. The Bertz CT molecular complexity index is 576. The molecule has 1 heterocycles. The van der Waals surface area contributed by atoms with Gasteiger partial charge in [0.15, 0.2) is 0 Å². The summed E-state index contributed by atoms with van der Waals surface area (Å²) in [5.41, 5.74) is 1.64. The van der Waals surface area contributed by atoms with Gasteiger partial charge in [0.2, 0.25) is 0 Å². The Labute approximate surface area is 126 Å². The second kappa shape index (κ2) is 8.32. The van der Waals surface area contributed by atoms with Crippen LogP contribution in [0, 0.1) is 0 Å². The third-order valence-electron chi connectivity index (χ3n) is 2.57. The number of amidine groups is 1. The van der Waals surface area contributed by atoms with Crippen LogP contribution in [0.4, 0.5) is 5.82 Å². The molecule has 1 aromatic rings. The molecule has 0 unspecified atom stereocenters. The number of nitrogens with zero attached hydrogens (tertiary/aromatic N) is 3. The van der Waals surface area contributed by atoms with Crippen LogP contribution in [0.25, 0.3) is 0 Å². The summed E-state index contributed by atoms with van der Waals surface area (Å²) in [7, 11) is 0. The number of aliphatic imine (C=N–C) groups is 1. The molecule has 0 amide bonds. The molecule has 0 aliphatic rings. The zero-order valence-corrected chi connectivity index (χ0v) is 12.1. The fourth-order valence-electron chi connectivity index (χ4n) is 1.65. The molecule has 4 nitrogen and oxygen atoms in total. The van der Waals surface area contributed by atoms with Crippen molar-refractivity contribution in [1.29, 1.82) is 0 Å². The Hall–Kier alpha value is -2.88. The highest BCUT2D eigenvalue weighted by atomic mass is 15.2. The first-order chi connectivity index (χ1) is 10.1. The third kappa shape index (κ3) is 4.95. The van der Waals surface area contributed by atoms with Crippen molar-refractivity contribution in [3.05, 3.63) is 87.2 Å². The Morgan fingerprint density at radius 1 is 1.24 bits per heavy atom. The number of aromatic nitrogens is 1. The predicted molar refractivity (Wildman–Crippen MR) is 90.9 cm³/mol. The van der Waals surface area contributed by atoms with Gasteiger partial charge < -0.3 is 10.2 Å². The molecular formula is C17H20N4. The van der Waals surface area contributed by atoms with Gasteiger partial charge in [-0.05, 0) is 18.2 Å². The summed E-state index contributed by atoms with van der Waals surface area (Å²) >= 11 is 0. The standard InChI is InChI=1S/C17H20N4/c1-6-16(18-7-2)19-14(5)13-15-11-10-12-17(20-15)21(8-3)9-4/h6-12H,1-5,13H2,(H,18,19). The van der Waals surface area contributed by atoms with Crippen molar-refractivity contribution >= 4 is 11.7 Å². The molecule has 21 heavy (non-hydrogen) atoms. The molecule has 1 N–H and O–H groups in total. The van der Waals surface area contributed by atoms with Gasteiger partial charge in [0.25, 0.3) is 0 Å². The minimum atomic E-state index is 0.569. The van der Waals surface area contributed by atoms with Gasteiger partial charge in [-0.3, -0.25) is 0 Å². The van der Waals surface area contributed by atoms with Gasteiger partial charge in [0.05, 0.1) is 0 Å². The zero-order valence-electron chi connectivity index (χ0n) is 12.1. The number of hydrogen-bond acceptors (Lipinski definition) is 3. The van der Waals surface area contributed by atoms with Crippen molar-refractivity contribution in [2.75, 3.05) is 4.90 Å². The average molecular weight is 280 g/mol. The van der Waals surface area contributed by atoms with Gasteiger partial charge in [0, 0.05) is 36.4 Å². The van der Waals surface area contributed by atoms with E-state index in [2.05, 4.69) is 48.2 Å². The maximum atomic E-state index is 4.53. The molecular weight excluding hydrogens is 260 g/mol. The smallest absolute Gasteiger partial charge is 0.136 e. The van der Waals surface area contributed by atoms with Crippen molar-refractivity contribution < 1.29 is 0 Å². The minimum absolute atomic E-state index is 0.569. The fraction of sp³-hybridized carbons (Fsp3) is 0.0588. The van der Waals surface area contributed by atoms with Crippen LogP contribution in [-0.4, -0.2) is 10.8 Å². The molecule has 0 aliphatic heterocycles. The molecule has 0 aromatic carbocycles. The lowest BCUT2D eigenvalue weighted by Crippen LogP contribution is -2.21. The van der Waals surface area contributed by atoms with Crippen LogP contribution in [0.15, 0.2) is 86.5 Å². The van der Waals surface area contributed by atoms with Crippen molar-refractivity contribution in [3.63, 3.8) is 0 Å². The van der Waals surface area contributed by atoms with E-state index in [1.165, 1.54) is 6.20 Å². The van der Waals surface area contributed by atoms with Crippen LogP contribution in [-0.2, 0) is 6.42 Å². The van der Waals surface area contributed by atoms with E-state index in [0.29, 0.717) is 12.3 Å².